The lowest BCUT2D eigenvalue weighted by atomic mass is 10.2. The Morgan fingerprint density at radius 2 is 1.74 bits per heavy atom. The van der Waals surface area contributed by atoms with Crippen LogP contribution in [0.3, 0.4) is 0 Å². The maximum absolute atomic E-state index is 12.6. The highest BCUT2D eigenvalue weighted by Crippen LogP contribution is 2.40. The first kappa shape index (κ1) is 20.4. The van der Waals surface area contributed by atoms with Gasteiger partial charge in [-0.25, -0.2) is 4.98 Å². The van der Waals surface area contributed by atoms with E-state index in [1.807, 2.05) is 0 Å². The van der Waals surface area contributed by atoms with Gasteiger partial charge in [-0.05, 0) is 18.6 Å². The normalized spacial score (nSPS) is 10.2. The number of rotatable bonds is 10. The molecule has 0 aliphatic rings. The number of carbonyl (C=O) groups is 1. The van der Waals surface area contributed by atoms with Crippen molar-refractivity contribution in [3.63, 3.8) is 0 Å². The molecule has 27 heavy (non-hydrogen) atoms. The summed E-state index contributed by atoms with van der Waals surface area (Å²) in [6.45, 7) is 2.99. The Morgan fingerprint density at radius 1 is 1.04 bits per heavy atom. The van der Waals surface area contributed by atoms with E-state index in [0.717, 1.165) is 25.8 Å². The quantitative estimate of drug-likeness (QED) is 0.614. The first-order chi connectivity index (χ1) is 13.1. The summed E-state index contributed by atoms with van der Waals surface area (Å²) in [6.07, 6.45) is 5.01. The zero-order valence-electron chi connectivity index (χ0n) is 16.3. The zero-order chi connectivity index (χ0) is 19.6. The molecule has 2 N–H and O–H groups in total. The fourth-order valence-electron chi connectivity index (χ4n) is 2.62. The van der Waals surface area contributed by atoms with Crippen LogP contribution in [0.2, 0.25) is 0 Å². The van der Waals surface area contributed by atoms with Crippen molar-refractivity contribution in [1.29, 1.82) is 0 Å². The second-order valence-corrected chi connectivity index (χ2v) is 5.93. The van der Waals surface area contributed by atoms with Crippen molar-refractivity contribution in [3.05, 3.63) is 36.0 Å². The Balaban J connectivity index is 2.13. The van der Waals surface area contributed by atoms with Crippen molar-refractivity contribution in [1.82, 2.24) is 4.98 Å². The minimum atomic E-state index is -0.247. The van der Waals surface area contributed by atoms with E-state index in [-0.39, 0.29) is 5.91 Å². The largest absolute Gasteiger partial charge is 0.493 e. The van der Waals surface area contributed by atoms with Gasteiger partial charge in [0.2, 0.25) is 5.75 Å². The van der Waals surface area contributed by atoms with Crippen molar-refractivity contribution in [2.24, 2.45) is 0 Å². The van der Waals surface area contributed by atoms with Crippen LogP contribution < -0.4 is 24.8 Å². The zero-order valence-corrected chi connectivity index (χ0v) is 16.3. The molecule has 1 aromatic heterocycles. The Kier molecular flexibility index (Phi) is 7.73. The minimum absolute atomic E-state index is 0.247. The second-order valence-electron chi connectivity index (χ2n) is 5.93. The van der Waals surface area contributed by atoms with Crippen LogP contribution in [0.5, 0.6) is 17.2 Å². The molecule has 0 aliphatic carbocycles. The molecule has 0 saturated heterocycles. The average Bonchev–Trinajstić information content (AvgIpc) is 2.70. The molecule has 7 heteroatoms. The molecule has 1 aromatic carbocycles. The summed E-state index contributed by atoms with van der Waals surface area (Å²) >= 11 is 0. The highest BCUT2D eigenvalue weighted by atomic mass is 16.5. The molecule has 2 aromatic rings. The summed E-state index contributed by atoms with van der Waals surface area (Å²) in [6, 6.07) is 6.78. The van der Waals surface area contributed by atoms with E-state index in [1.165, 1.54) is 21.3 Å². The predicted molar refractivity (Wildman–Crippen MR) is 106 cm³/mol. The third-order valence-electron chi connectivity index (χ3n) is 4.03. The van der Waals surface area contributed by atoms with Gasteiger partial charge >= 0.3 is 0 Å². The van der Waals surface area contributed by atoms with E-state index in [9.17, 15) is 4.79 Å². The molecule has 2 rings (SSSR count). The standard InChI is InChI=1S/C20H27N3O4/c1-5-6-7-9-21-18-11-14(8-10-22-18)20(24)23-15-12-16(25-2)19(27-4)17(13-15)26-3/h8,10-13H,5-7,9H2,1-4H3,(H,21,22)(H,23,24). The number of carbonyl (C=O) groups excluding carboxylic acids is 1. The summed E-state index contributed by atoms with van der Waals surface area (Å²) in [5.74, 6) is 1.85. The van der Waals surface area contributed by atoms with Crippen molar-refractivity contribution in [3.8, 4) is 17.2 Å². The summed E-state index contributed by atoms with van der Waals surface area (Å²) in [4.78, 5) is 16.9. The van der Waals surface area contributed by atoms with Crippen LogP contribution in [0.1, 0.15) is 36.5 Å². The number of benzene rings is 1. The van der Waals surface area contributed by atoms with Gasteiger partial charge in [-0.3, -0.25) is 4.79 Å². The monoisotopic (exact) mass is 373 g/mol. The number of unbranched alkanes of at least 4 members (excludes halogenated alkanes) is 2. The molecule has 0 unspecified atom stereocenters. The number of amides is 1. The Hall–Kier alpha value is -2.96. The maximum Gasteiger partial charge on any atom is 0.255 e. The number of pyridine rings is 1. The lowest BCUT2D eigenvalue weighted by Gasteiger charge is -2.14. The number of hydrogen-bond donors (Lipinski definition) is 2. The average molecular weight is 373 g/mol. The van der Waals surface area contributed by atoms with Gasteiger partial charge in [-0.1, -0.05) is 19.8 Å². The molecule has 146 valence electrons. The molecular formula is C20H27N3O4. The smallest absolute Gasteiger partial charge is 0.255 e. The summed E-state index contributed by atoms with van der Waals surface area (Å²) in [7, 11) is 4.59. The van der Waals surface area contributed by atoms with Crippen LogP contribution in [0.4, 0.5) is 11.5 Å². The summed E-state index contributed by atoms with van der Waals surface area (Å²) in [5.41, 5.74) is 1.06. The van der Waals surface area contributed by atoms with Gasteiger partial charge in [-0.2, -0.15) is 0 Å². The predicted octanol–water partition coefficient (Wildman–Crippen LogP) is 3.96. The van der Waals surface area contributed by atoms with E-state index in [4.69, 9.17) is 14.2 Å². The Labute approximate surface area is 160 Å². The first-order valence-corrected chi connectivity index (χ1v) is 8.94. The number of methoxy groups -OCH3 is 3. The molecule has 1 heterocycles. The molecule has 0 spiro atoms. The van der Waals surface area contributed by atoms with Crippen LogP contribution in [0, 0.1) is 0 Å². The van der Waals surface area contributed by atoms with Crippen molar-refractivity contribution in [2.45, 2.75) is 26.2 Å². The number of aromatic nitrogens is 1. The number of ether oxygens (including phenoxy) is 3. The van der Waals surface area contributed by atoms with Gasteiger partial charge < -0.3 is 24.8 Å². The summed E-state index contributed by atoms with van der Waals surface area (Å²) in [5, 5.41) is 6.10. The first-order valence-electron chi connectivity index (χ1n) is 8.94. The molecule has 0 fully saturated rings. The van der Waals surface area contributed by atoms with Crippen molar-refractivity contribution >= 4 is 17.4 Å². The topological polar surface area (TPSA) is 81.7 Å². The van der Waals surface area contributed by atoms with E-state index < -0.39 is 0 Å². The van der Waals surface area contributed by atoms with Crippen LogP contribution in [-0.4, -0.2) is 38.8 Å². The van der Waals surface area contributed by atoms with E-state index in [0.29, 0.717) is 34.3 Å². The van der Waals surface area contributed by atoms with Crippen LogP contribution in [0.15, 0.2) is 30.5 Å². The molecule has 0 aliphatic heterocycles. The lowest BCUT2D eigenvalue weighted by Crippen LogP contribution is -2.13. The number of hydrogen-bond acceptors (Lipinski definition) is 6. The fourth-order valence-corrected chi connectivity index (χ4v) is 2.62. The number of nitrogens with one attached hydrogen (secondary N) is 2. The van der Waals surface area contributed by atoms with Gasteiger partial charge in [0.05, 0.1) is 21.3 Å². The lowest BCUT2D eigenvalue weighted by molar-refractivity contribution is 0.102. The molecular weight excluding hydrogens is 346 g/mol. The molecule has 0 bridgehead atoms. The van der Waals surface area contributed by atoms with Crippen LogP contribution in [0.25, 0.3) is 0 Å². The van der Waals surface area contributed by atoms with E-state index in [2.05, 4.69) is 22.5 Å². The second kappa shape index (κ2) is 10.3. The Bertz CT molecular complexity index is 740. The Morgan fingerprint density at radius 3 is 2.33 bits per heavy atom. The highest BCUT2D eigenvalue weighted by Gasteiger charge is 2.15. The molecule has 0 atom stereocenters. The fraction of sp³-hybridized carbons (Fsp3) is 0.400. The van der Waals surface area contributed by atoms with Crippen molar-refractivity contribution < 1.29 is 19.0 Å². The van der Waals surface area contributed by atoms with Gasteiger partial charge in [0, 0.05) is 36.1 Å². The third kappa shape index (κ3) is 5.51. The number of anilines is 2. The van der Waals surface area contributed by atoms with E-state index in [1.54, 1.807) is 30.5 Å². The molecule has 0 radical (unpaired) electrons. The minimum Gasteiger partial charge on any atom is -0.493 e. The summed E-state index contributed by atoms with van der Waals surface area (Å²) < 4.78 is 15.9. The van der Waals surface area contributed by atoms with Crippen LogP contribution in [-0.2, 0) is 0 Å². The third-order valence-corrected chi connectivity index (χ3v) is 4.03. The van der Waals surface area contributed by atoms with Gasteiger partial charge in [-0.15, -0.1) is 0 Å². The SMILES string of the molecule is CCCCCNc1cc(C(=O)Nc2cc(OC)c(OC)c(OC)c2)ccn1. The van der Waals surface area contributed by atoms with Gasteiger partial charge in [0.15, 0.2) is 11.5 Å². The van der Waals surface area contributed by atoms with Gasteiger partial charge in [0.25, 0.3) is 5.91 Å². The maximum atomic E-state index is 12.6. The van der Waals surface area contributed by atoms with Crippen molar-refractivity contribution in [2.75, 3.05) is 38.5 Å². The van der Waals surface area contributed by atoms with Crippen LogP contribution >= 0.6 is 0 Å². The molecule has 7 nitrogen and oxygen atoms in total. The highest BCUT2D eigenvalue weighted by molar-refractivity contribution is 6.04. The number of nitrogens with zero attached hydrogens (tertiary/aromatic N) is 1. The molecule has 1 amide bonds. The molecule has 0 saturated carbocycles. The van der Waals surface area contributed by atoms with Gasteiger partial charge in [0.1, 0.15) is 5.82 Å². The van der Waals surface area contributed by atoms with E-state index >= 15 is 0 Å².